The molecule has 28 heavy (non-hydrogen) atoms. The Morgan fingerprint density at radius 3 is 2.18 bits per heavy atom. The third-order valence-electron chi connectivity index (χ3n) is 5.38. The lowest BCUT2D eigenvalue weighted by atomic mass is 9.90. The Kier molecular flexibility index (Phi) is 7.54. The number of halogens is 1. The predicted molar refractivity (Wildman–Crippen MR) is 109 cm³/mol. The smallest absolute Gasteiger partial charge is 0.203 e. The van der Waals surface area contributed by atoms with Gasteiger partial charge in [0.15, 0.2) is 11.5 Å². The standard InChI is InChI=1S/C23H30FNO3/c1-26-21-15-20(14-18-8-11-25(12-9-18)13-10-24)16-22(27-2)23(21)28-17-19-6-4-3-5-7-19/h3-7,15-16,18H,8-14,17H2,1-2H3. The second-order valence-corrected chi connectivity index (χ2v) is 7.28. The molecule has 0 aliphatic carbocycles. The number of alkyl halides is 1. The quantitative estimate of drug-likeness (QED) is 0.634. The monoisotopic (exact) mass is 387 g/mol. The van der Waals surface area contributed by atoms with Crippen LogP contribution in [0.5, 0.6) is 17.2 Å². The van der Waals surface area contributed by atoms with E-state index in [4.69, 9.17) is 14.2 Å². The molecule has 1 aliphatic rings. The highest BCUT2D eigenvalue weighted by Gasteiger charge is 2.21. The van der Waals surface area contributed by atoms with Gasteiger partial charge in [-0.05, 0) is 61.5 Å². The predicted octanol–water partition coefficient (Wildman–Crippen LogP) is 4.51. The lowest BCUT2D eigenvalue weighted by Gasteiger charge is -2.31. The first kappa shape index (κ1) is 20.5. The van der Waals surface area contributed by atoms with Crippen LogP contribution < -0.4 is 14.2 Å². The van der Waals surface area contributed by atoms with E-state index in [9.17, 15) is 4.39 Å². The van der Waals surface area contributed by atoms with E-state index < -0.39 is 0 Å². The van der Waals surface area contributed by atoms with Gasteiger partial charge in [-0.2, -0.15) is 0 Å². The van der Waals surface area contributed by atoms with Crippen LogP contribution in [0, 0.1) is 5.92 Å². The number of rotatable bonds is 9. The van der Waals surface area contributed by atoms with E-state index in [2.05, 4.69) is 17.0 Å². The second kappa shape index (κ2) is 10.3. The number of nitrogens with zero attached hydrogens (tertiary/aromatic N) is 1. The lowest BCUT2D eigenvalue weighted by Crippen LogP contribution is -2.35. The van der Waals surface area contributed by atoms with Gasteiger partial charge >= 0.3 is 0 Å². The molecule has 0 N–H and O–H groups in total. The van der Waals surface area contributed by atoms with Crippen molar-refractivity contribution in [1.29, 1.82) is 0 Å². The van der Waals surface area contributed by atoms with Crippen LogP contribution >= 0.6 is 0 Å². The molecule has 0 amide bonds. The molecule has 0 radical (unpaired) electrons. The third-order valence-corrected chi connectivity index (χ3v) is 5.38. The Morgan fingerprint density at radius 2 is 1.61 bits per heavy atom. The zero-order chi connectivity index (χ0) is 19.8. The Labute approximate surface area is 167 Å². The molecule has 0 saturated carbocycles. The summed E-state index contributed by atoms with van der Waals surface area (Å²) in [6, 6.07) is 14.1. The van der Waals surface area contributed by atoms with Gasteiger partial charge in [-0.1, -0.05) is 30.3 Å². The van der Waals surface area contributed by atoms with Crippen molar-refractivity contribution in [3.05, 3.63) is 53.6 Å². The lowest BCUT2D eigenvalue weighted by molar-refractivity contribution is 0.172. The number of methoxy groups -OCH3 is 2. The van der Waals surface area contributed by atoms with Crippen LogP contribution in [0.25, 0.3) is 0 Å². The average Bonchev–Trinajstić information content (AvgIpc) is 2.74. The SMILES string of the molecule is COc1cc(CC2CCN(CCF)CC2)cc(OC)c1OCc1ccccc1. The first-order valence-electron chi connectivity index (χ1n) is 9.93. The summed E-state index contributed by atoms with van der Waals surface area (Å²) in [6.45, 7) is 2.70. The Hall–Kier alpha value is -2.27. The Morgan fingerprint density at radius 1 is 0.964 bits per heavy atom. The van der Waals surface area contributed by atoms with Gasteiger partial charge in [0.05, 0.1) is 14.2 Å². The summed E-state index contributed by atoms with van der Waals surface area (Å²) in [5.41, 5.74) is 2.28. The van der Waals surface area contributed by atoms with Crippen molar-refractivity contribution >= 4 is 0 Å². The minimum atomic E-state index is -0.260. The molecular formula is C23H30FNO3. The number of hydrogen-bond donors (Lipinski definition) is 0. The number of likely N-dealkylation sites (tertiary alicyclic amines) is 1. The molecule has 5 heteroatoms. The normalized spacial score (nSPS) is 15.4. The number of piperidine rings is 1. The molecule has 0 spiro atoms. The van der Waals surface area contributed by atoms with Crippen LogP contribution in [-0.4, -0.2) is 45.4 Å². The second-order valence-electron chi connectivity index (χ2n) is 7.28. The molecule has 0 unspecified atom stereocenters. The van der Waals surface area contributed by atoms with E-state index in [0.29, 0.717) is 36.3 Å². The molecule has 0 atom stereocenters. The maximum atomic E-state index is 12.5. The summed E-state index contributed by atoms with van der Waals surface area (Å²) in [4.78, 5) is 2.21. The average molecular weight is 387 g/mol. The van der Waals surface area contributed by atoms with Crippen molar-refractivity contribution in [2.75, 3.05) is 40.5 Å². The van der Waals surface area contributed by atoms with Crippen molar-refractivity contribution in [1.82, 2.24) is 4.90 Å². The summed E-state index contributed by atoms with van der Waals surface area (Å²) in [5, 5.41) is 0. The molecule has 3 rings (SSSR count). The minimum Gasteiger partial charge on any atom is -0.493 e. The van der Waals surface area contributed by atoms with Crippen LogP contribution in [0.2, 0.25) is 0 Å². The van der Waals surface area contributed by atoms with E-state index in [1.54, 1.807) is 14.2 Å². The van der Waals surface area contributed by atoms with Crippen LogP contribution in [0.4, 0.5) is 4.39 Å². The van der Waals surface area contributed by atoms with Crippen molar-refractivity contribution in [3.8, 4) is 17.2 Å². The van der Waals surface area contributed by atoms with Gasteiger partial charge in [-0.3, -0.25) is 0 Å². The molecule has 2 aromatic rings. The number of hydrogen-bond acceptors (Lipinski definition) is 4. The fourth-order valence-corrected chi connectivity index (χ4v) is 3.79. The van der Waals surface area contributed by atoms with E-state index >= 15 is 0 Å². The van der Waals surface area contributed by atoms with Gasteiger partial charge in [-0.25, -0.2) is 4.39 Å². The first-order valence-corrected chi connectivity index (χ1v) is 9.93. The zero-order valence-corrected chi connectivity index (χ0v) is 16.8. The largest absolute Gasteiger partial charge is 0.493 e. The van der Waals surface area contributed by atoms with Gasteiger partial charge in [-0.15, -0.1) is 0 Å². The summed E-state index contributed by atoms with van der Waals surface area (Å²) in [5.74, 6) is 2.62. The molecule has 0 bridgehead atoms. The molecule has 152 valence electrons. The topological polar surface area (TPSA) is 30.9 Å². The van der Waals surface area contributed by atoms with E-state index in [-0.39, 0.29) is 6.67 Å². The summed E-state index contributed by atoms with van der Waals surface area (Å²) >= 11 is 0. The molecule has 1 saturated heterocycles. The molecule has 2 aromatic carbocycles. The van der Waals surface area contributed by atoms with Gasteiger partial charge in [0.2, 0.25) is 5.75 Å². The molecular weight excluding hydrogens is 357 g/mol. The first-order chi connectivity index (χ1) is 13.7. The van der Waals surface area contributed by atoms with Gasteiger partial charge < -0.3 is 19.1 Å². The summed E-state index contributed by atoms with van der Waals surface area (Å²) in [6.07, 6.45) is 3.16. The van der Waals surface area contributed by atoms with Gasteiger partial charge in [0.25, 0.3) is 0 Å². The maximum absolute atomic E-state index is 12.5. The van der Waals surface area contributed by atoms with E-state index in [1.165, 1.54) is 5.56 Å². The highest BCUT2D eigenvalue weighted by Crippen LogP contribution is 2.40. The summed E-state index contributed by atoms with van der Waals surface area (Å²) in [7, 11) is 3.31. The van der Waals surface area contributed by atoms with Crippen LogP contribution in [0.3, 0.4) is 0 Å². The van der Waals surface area contributed by atoms with Crippen molar-refractivity contribution in [2.24, 2.45) is 5.92 Å². The Bertz CT molecular complexity index is 705. The maximum Gasteiger partial charge on any atom is 0.203 e. The van der Waals surface area contributed by atoms with Crippen LogP contribution in [0.15, 0.2) is 42.5 Å². The highest BCUT2D eigenvalue weighted by molar-refractivity contribution is 5.54. The van der Waals surface area contributed by atoms with Crippen molar-refractivity contribution in [2.45, 2.75) is 25.9 Å². The highest BCUT2D eigenvalue weighted by atomic mass is 19.1. The molecule has 1 heterocycles. The zero-order valence-electron chi connectivity index (χ0n) is 16.8. The fourth-order valence-electron chi connectivity index (χ4n) is 3.79. The molecule has 1 aliphatic heterocycles. The van der Waals surface area contributed by atoms with Crippen molar-refractivity contribution in [3.63, 3.8) is 0 Å². The molecule has 1 fully saturated rings. The van der Waals surface area contributed by atoms with Crippen LogP contribution in [-0.2, 0) is 13.0 Å². The van der Waals surface area contributed by atoms with Crippen LogP contribution in [0.1, 0.15) is 24.0 Å². The molecule has 4 nitrogen and oxygen atoms in total. The summed E-state index contributed by atoms with van der Waals surface area (Å²) < 4.78 is 29.7. The minimum absolute atomic E-state index is 0.260. The van der Waals surface area contributed by atoms with E-state index in [1.807, 2.05) is 30.3 Å². The number of benzene rings is 2. The Balaban J connectivity index is 1.68. The number of ether oxygens (including phenoxy) is 3. The van der Waals surface area contributed by atoms with E-state index in [0.717, 1.165) is 37.9 Å². The third kappa shape index (κ3) is 5.38. The van der Waals surface area contributed by atoms with Crippen molar-refractivity contribution < 1.29 is 18.6 Å². The van der Waals surface area contributed by atoms with Gasteiger partial charge in [0, 0.05) is 6.54 Å². The van der Waals surface area contributed by atoms with Gasteiger partial charge in [0.1, 0.15) is 13.3 Å². The fraction of sp³-hybridized carbons (Fsp3) is 0.478. The molecule has 0 aromatic heterocycles.